The van der Waals surface area contributed by atoms with E-state index >= 15 is 0 Å². The molecule has 0 saturated carbocycles. The summed E-state index contributed by atoms with van der Waals surface area (Å²) >= 11 is 11.8. The molecule has 0 fully saturated rings. The number of aryl methyl sites for hydroxylation is 2. The molecule has 1 nitrogen and oxygen atoms in total. The van der Waals surface area contributed by atoms with Gasteiger partial charge in [0.25, 0.3) is 0 Å². The molecule has 0 unspecified atom stereocenters. The Kier molecular flexibility index (Phi) is 5.03. The van der Waals surface area contributed by atoms with Crippen molar-refractivity contribution < 1.29 is 4.39 Å². The molecule has 0 aliphatic rings. The summed E-state index contributed by atoms with van der Waals surface area (Å²) in [6.45, 7) is 4.93. The van der Waals surface area contributed by atoms with Crippen LogP contribution in [0.3, 0.4) is 0 Å². The molecule has 106 valence electrons. The Balaban J connectivity index is 1.97. The molecule has 2 rings (SSSR count). The van der Waals surface area contributed by atoms with E-state index in [9.17, 15) is 4.39 Å². The van der Waals surface area contributed by atoms with Crippen LogP contribution < -0.4 is 5.32 Å². The molecule has 0 heterocycles. The maximum Gasteiger partial charge on any atom is 0.129 e. The standard InChI is InChI=1S/C16H16Cl2FN/c1-10-5-13(6-11(2)16(10)19)9-20-8-12-3-4-14(17)15(18)7-12/h3-7,20H,8-9H2,1-2H3. The molecule has 2 aromatic carbocycles. The van der Waals surface area contributed by atoms with Crippen LogP contribution in [0.4, 0.5) is 4.39 Å². The first-order valence-electron chi connectivity index (χ1n) is 6.37. The molecule has 0 bridgehead atoms. The van der Waals surface area contributed by atoms with E-state index < -0.39 is 0 Å². The molecule has 0 aliphatic heterocycles. The van der Waals surface area contributed by atoms with E-state index in [-0.39, 0.29) is 5.82 Å². The summed E-state index contributed by atoms with van der Waals surface area (Å²) in [4.78, 5) is 0. The van der Waals surface area contributed by atoms with Crippen molar-refractivity contribution in [2.24, 2.45) is 0 Å². The van der Waals surface area contributed by atoms with Gasteiger partial charge in [-0.15, -0.1) is 0 Å². The fourth-order valence-electron chi connectivity index (χ4n) is 2.14. The van der Waals surface area contributed by atoms with Crippen LogP contribution in [0.1, 0.15) is 22.3 Å². The number of nitrogens with one attached hydrogen (secondary N) is 1. The van der Waals surface area contributed by atoms with Crippen LogP contribution in [0, 0.1) is 19.7 Å². The van der Waals surface area contributed by atoms with Crippen LogP contribution in [0.15, 0.2) is 30.3 Å². The third-order valence-electron chi connectivity index (χ3n) is 3.14. The third-order valence-corrected chi connectivity index (χ3v) is 3.88. The zero-order valence-electron chi connectivity index (χ0n) is 11.4. The number of benzene rings is 2. The monoisotopic (exact) mass is 311 g/mol. The van der Waals surface area contributed by atoms with Crippen LogP contribution in [0.5, 0.6) is 0 Å². The third kappa shape index (κ3) is 3.72. The van der Waals surface area contributed by atoms with Gasteiger partial charge in [0.15, 0.2) is 0 Å². The number of halogens is 3. The van der Waals surface area contributed by atoms with Gasteiger partial charge in [-0.05, 0) is 48.2 Å². The van der Waals surface area contributed by atoms with E-state index in [1.807, 2.05) is 24.3 Å². The van der Waals surface area contributed by atoms with Crippen molar-refractivity contribution in [3.8, 4) is 0 Å². The van der Waals surface area contributed by atoms with E-state index in [1.54, 1.807) is 19.9 Å². The van der Waals surface area contributed by atoms with Crippen molar-refractivity contribution in [1.82, 2.24) is 5.32 Å². The molecule has 0 aromatic heterocycles. The Morgan fingerprint density at radius 1 is 0.900 bits per heavy atom. The number of hydrogen-bond donors (Lipinski definition) is 1. The minimum atomic E-state index is -0.127. The molecule has 0 atom stereocenters. The summed E-state index contributed by atoms with van der Waals surface area (Å²) in [5.41, 5.74) is 3.49. The van der Waals surface area contributed by atoms with E-state index in [0.717, 1.165) is 11.1 Å². The number of hydrogen-bond acceptors (Lipinski definition) is 1. The summed E-state index contributed by atoms with van der Waals surface area (Å²) in [6.07, 6.45) is 0. The molecular formula is C16H16Cl2FN. The second-order valence-electron chi connectivity index (χ2n) is 4.90. The molecule has 0 saturated heterocycles. The highest BCUT2D eigenvalue weighted by molar-refractivity contribution is 6.42. The first-order chi connectivity index (χ1) is 9.47. The lowest BCUT2D eigenvalue weighted by Gasteiger charge is -2.09. The van der Waals surface area contributed by atoms with Gasteiger partial charge < -0.3 is 5.32 Å². The zero-order chi connectivity index (χ0) is 14.7. The van der Waals surface area contributed by atoms with Crippen LogP contribution in [-0.2, 0) is 13.1 Å². The van der Waals surface area contributed by atoms with Crippen molar-refractivity contribution in [3.63, 3.8) is 0 Å². The normalized spacial score (nSPS) is 10.8. The second kappa shape index (κ2) is 6.57. The van der Waals surface area contributed by atoms with E-state index in [2.05, 4.69) is 5.32 Å². The highest BCUT2D eigenvalue weighted by Crippen LogP contribution is 2.22. The van der Waals surface area contributed by atoms with Gasteiger partial charge in [-0.1, -0.05) is 41.4 Å². The van der Waals surface area contributed by atoms with Gasteiger partial charge in [0, 0.05) is 13.1 Å². The molecule has 2 aromatic rings. The Morgan fingerprint density at radius 3 is 2.10 bits per heavy atom. The van der Waals surface area contributed by atoms with E-state index in [0.29, 0.717) is 34.3 Å². The quantitative estimate of drug-likeness (QED) is 0.834. The lowest BCUT2D eigenvalue weighted by atomic mass is 10.1. The lowest BCUT2D eigenvalue weighted by Crippen LogP contribution is -2.13. The summed E-state index contributed by atoms with van der Waals surface area (Å²) in [5, 5.41) is 4.43. The summed E-state index contributed by atoms with van der Waals surface area (Å²) in [5.74, 6) is -0.127. The van der Waals surface area contributed by atoms with E-state index in [1.165, 1.54) is 0 Å². The van der Waals surface area contributed by atoms with Crippen molar-refractivity contribution in [2.45, 2.75) is 26.9 Å². The fourth-order valence-corrected chi connectivity index (χ4v) is 2.46. The molecular weight excluding hydrogens is 296 g/mol. The Morgan fingerprint density at radius 2 is 1.50 bits per heavy atom. The topological polar surface area (TPSA) is 12.0 Å². The Labute approximate surface area is 128 Å². The smallest absolute Gasteiger partial charge is 0.129 e. The van der Waals surface area contributed by atoms with E-state index in [4.69, 9.17) is 23.2 Å². The van der Waals surface area contributed by atoms with Crippen molar-refractivity contribution in [2.75, 3.05) is 0 Å². The maximum absolute atomic E-state index is 13.5. The Hall–Kier alpha value is -1.09. The minimum absolute atomic E-state index is 0.127. The molecule has 20 heavy (non-hydrogen) atoms. The highest BCUT2D eigenvalue weighted by atomic mass is 35.5. The van der Waals surface area contributed by atoms with Crippen molar-refractivity contribution in [1.29, 1.82) is 0 Å². The van der Waals surface area contributed by atoms with Gasteiger partial charge in [-0.3, -0.25) is 0 Å². The molecule has 0 aliphatic carbocycles. The molecule has 0 radical (unpaired) electrons. The maximum atomic E-state index is 13.5. The average Bonchev–Trinajstić information content (AvgIpc) is 2.40. The van der Waals surface area contributed by atoms with Crippen molar-refractivity contribution in [3.05, 3.63) is 68.4 Å². The van der Waals surface area contributed by atoms with Gasteiger partial charge in [0.1, 0.15) is 5.82 Å². The summed E-state index contributed by atoms with van der Waals surface area (Å²) < 4.78 is 13.5. The Bertz CT molecular complexity index is 603. The molecule has 4 heteroatoms. The van der Waals surface area contributed by atoms with Crippen LogP contribution >= 0.6 is 23.2 Å². The molecule has 0 amide bonds. The first-order valence-corrected chi connectivity index (χ1v) is 7.13. The van der Waals surface area contributed by atoms with Crippen LogP contribution in [0.25, 0.3) is 0 Å². The zero-order valence-corrected chi connectivity index (χ0v) is 12.9. The lowest BCUT2D eigenvalue weighted by molar-refractivity contribution is 0.606. The van der Waals surface area contributed by atoms with Gasteiger partial charge in [0.05, 0.1) is 10.0 Å². The highest BCUT2D eigenvalue weighted by Gasteiger charge is 2.04. The SMILES string of the molecule is Cc1cc(CNCc2ccc(Cl)c(Cl)c2)cc(C)c1F. The van der Waals surface area contributed by atoms with Crippen LogP contribution in [0.2, 0.25) is 10.0 Å². The van der Waals surface area contributed by atoms with Crippen molar-refractivity contribution >= 4 is 23.2 Å². The van der Waals surface area contributed by atoms with Gasteiger partial charge in [-0.25, -0.2) is 4.39 Å². The largest absolute Gasteiger partial charge is 0.309 e. The minimum Gasteiger partial charge on any atom is -0.309 e. The van der Waals surface area contributed by atoms with Gasteiger partial charge in [0.2, 0.25) is 0 Å². The van der Waals surface area contributed by atoms with Gasteiger partial charge in [-0.2, -0.15) is 0 Å². The molecule has 0 spiro atoms. The number of rotatable bonds is 4. The average molecular weight is 312 g/mol. The predicted octanol–water partition coefficient (Wildman–Crippen LogP) is 5.04. The second-order valence-corrected chi connectivity index (χ2v) is 5.71. The van der Waals surface area contributed by atoms with Gasteiger partial charge >= 0.3 is 0 Å². The molecule has 1 N–H and O–H groups in total. The summed E-state index contributed by atoms with van der Waals surface area (Å²) in [7, 11) is 0. The van der Waals surface area contributed by atoms with Crippen LogP contribution in [-0.4, -0.2) is 0 Å². The first kappa shape index (κ1) is 15.3. The summed E-state index contributed by atoms with van der Waals surface area (Å²) in [6, 6.07) is 9.29. The fraction of sp³-hybridized carbons (Fsp3) is 0.250. The predicted molar refractivity (Wildman–Crippen MR) is 82.9 cm³/mol.